The Morgan fingerprint density at radius 3 is 0.558 bits per heavy atom. The van der Waals surface area contributed by atoms with Gasteiger partial charge in [-0.1, -0.05) is 329 Å². The molecule has 0 aromatic rings. The predicted molar refractivity (Wildman–Crippen MR) is 356 cm³/mol. The van der Waals surface area contributed by atoms with Crippen molar-refractivity contribution in [3.63, 3.8) is 0 Å². The van der Waals surface area contributed by atoms with Gasteiger partial charge in [-0.05, 0) is 40.0 Å². The summed E-state index contributed by atoms with van der Waals surface area (Å²) in [5.41, 5.74) is 0. The summed E-state index contributed by atoms with van der Waals surface area (Å²) in [5.74, 6) is -0.834. The molecule has 0 bridgehead atoms. The number of phosphoric ester groups is 1. The molecule has 0 fully saturated rings. The van der Waals surface area contributed by atoms with Crippen LogP contribution in [0, 0.1) is 0 Å². The van der Waals surface area contributed by atoms with E-state index in [9.17, 15) is 18.9 Å². The second-order valence-corrected chi connectivity index (χ2v) is 26.5. The molecule has 0 aromatic carbocycles. The summed E-state index contributed by atoms with van der Waals surface area (Å²) in [7, 11) is -4.42. The standard InChI is InChI=1S/C72H141O13P/c1-7-10-13-16-19-22-25-28-31-34-37-40-43-46-49-52-55-58-70(73)80-64-61-77-67(4)83-86(76,84-68(5)78-62-65-81-71(74)59-56-53-50-47-44-41-38-35-32-29-26-23-20-17-14-11-8-2)85-69(6)79-63-66-82-72(75)60-57-54-51-48-45-42-39-36-33-30-27-24-21-18-15-12-9-3/h67-69H,7-66H2,1-6H3. The van der Waals surface area contributed by atoms with Crippen molar-refractivity contribution in [1.29, 1.82) is 0 Å². The van der Waals surface area contributed by atoms with Crippen molar-refractivity contribution >= 4 is 25.7 Å². The van der Waals surface area contributed by atoms with Gasteiger partial charge in [-0.15, -0.1) is 0 Å². The van der Waals surface area contributed by atoms with Crippen molar-refractivity contribution in [2.75, 3.05) is 39.6 Å². The summed E-state index contributed by atoms with van der Waals surface area (Å²) >= 11 is 0. The minimum absolute atomic E-state index is 0.000251. The Labute approximate surface area is 531 Å². The largest absolute Gasteiger partial charge is 0.481 e. The average Bonchev–Trinajstić information content (AvgIpc) is 3.57. The summed E-state index contributed by atoms with van der Waals surface area (Å²) in [6, 6.07) is 0. The first kappa shape index (κ1) is 84.4. The normalized spacial score (nSPS) is 13.4. The van der Waals surface area contributed by atoms with E-state index in [1.54, 1.807) is 0 Å². The highest BCUT2D eigenvalue weighted by molar-refractivity contribution is 7.48. The maximum absolute atomic E-state index is 14.1. The van der Waals surface area contributed by atoms with Gasteiger partial charge in [0.15, 0.2) is 18.9 Å². The molecule has 0 spiro atoms. The number of carbonyl (C=O) groups excluding carboxylic acids is 3. The highest BCUT2D eigenvalue weighted by atomic mass is 31.2. The van der Waals surface area contributed by atoms with Crippen LogP contribution in [-0.4, -0.2) is 76.4 Å². The van der Waals surface area contributed by atoms with Crippen LogP contribution >= 0.6 is 7.82 Å². The Morgan fingerprint density at radius 1 is 0.244 bits per heavy atom. The smallest absolute Gasteiger partial charge is 0.463 e. The van der Waals surface area contributed by atoms with Crippen LogP contribution in [0.25, 0.3) is 0 Å². The van der Waals surface area contributed by atoms with Gasteiger partial charge in [0.05, 0.1) is 19.8 Å². The first-order chi connectivity index (χ1) is 42.0. The third kappa shape index (κ3) is 65.4. The Balaban J connectivity index is 4.59. The second kappa shape index (κ2) is 67.8. The predicted octanol–water partition coefficient (Wildman–Crippen LogP) is 23.0. The molecule has 0 aromatic heterocycles. The average molecular weight is 1250 g/mol. The van der Waals surface area contributed by atoms with E-state index in [0.29, 0.717) is 19.3 Å². The number of ether oxygens (including phenoxy) is 6. The van der Waals surface area contributed by atoms with Crippen LogP contribution in [0.3, 0.4) is 0 Å². The number of rotatable bonds is 72. The molecule has 0 saturated heterocycles. The van der Waals surface area contributed by atoms with E-state index in [4.69, 9.17) is 42.0 Å². The molecule has 0 aliphatic heterocycles. The van der Waals surface area contributed by atoms with Crippen LogP contribution in [-0.2, 0) is 60.9 Å². The molecular weight excluding hydrogens is 1100 g/mol. The molecule has 0 radical (unpaired) electrons. The van der Waals surface area contributed by atoms with E-state index in [2.05, 4.69) is 20.8 Å². The fraction of sp³-hybridized carbons (Fsp3) is 0.958. The summed E-state index contributed by atoms with van der Waals surface area (Å²) in [6.45, 7) is 11.4. The maximum atomic E-state index is 14.1. The fourth-order valence-corrected chi connectivity index (χ4v) is 12.4. The lowest BCUT2D eigenvalue weighted by Crippen LogP contribution is -2.24. The van der Waals surface area contributed by atoms with Crippen molar-refractivity contribution in [3.8, 4) is 0 Å². The van der Waals surface area contributed by atoms with Crippen molar-refractivity contribution in [2.24, 2.45) is 0 Å². The highest BCUT2D eigenvalue weighted by Gasteiger charge is 2.35. The molecule has 0 amide bonds. The van der Waals surface area contributed by atoms with Crippen LogP contribution < -0.4 is 0 Å². The first-order valence-electron chi connectivity index (χ1n) is 37.0. The zero-order valence-corrected chi connectivity index (χ0v) is 58.3. The number of hydrogen-bond donors (Lipinski definition) is 0. The molecule has 0 rings (SSSR count). The summed E-state index contributed by atoms with van der Waals surface area (Å²) in [5, 5.41) is 0. The molecule has 3 unspecified atom stereocenters. The lowest BCUT2D eigenvalue weighted by atomic mass is 10.0. The Morgan fingerprint density at radius 2 is 0.395 bits per heavy atom. The topological polar surface area (TPSA) is 151 Å². The number of hydrogen-bond acceptors (Lipinski definition) is 13. The van der Waals surface area contributed by atoms with E-state index >= 15 is 0 Å². The second-order valence-electron chi connectivity index (χ2n) is 25.0. The maximum Gasteiger partial charge on any atom is 0.481 e. The van der Waals surface area contributed by atoms with Crippen LogP contribution in [0.5, 0.6) is 0 Å². The van der Waals surface area contributed by atoms with Crippen molar-refractivity contribution in [2.45, 2.75) is 407 Å². The monoisotopic (exact) mass is 1250 g/mol. The number of phosphoric acid groups is 1. The quantitative estimate of drug-likeness (QED) is 0.0187. The zero-order chi connectivity index (χ0) is 62.8. The Hall–Kier alpha value is -1.60. The van der Waals surface area contributed by atoms with Crippen LogP contribution in [0.4, 0.5) is 0 Å². The van der Waals surface area contributed by atoms with Crippen molar-refractivity contribution < 1.29 is 60.9 Å². The lowest BCUT2D eigenvalue weighted by Gasteiger charge is -2.26. The number of carbonyl (C=O) groups is 3. The molecule has 0 heterocycles. The molecule has 13 nitrogen and oxygen atoms in total. The SMILES string of the molecule is CCCCCCCCCCCCCCCCCCCC(=O)OCCOC(C)OP(=O)(OC(C)OCCOC(=O)CCCCCCCCCCCCCCCCCCC)OC(C)OCCOC(=O)CCCCCCCCCCCCCCCCCCC. The van der Waals surface area contributed by atoms with E-state index in [0.717, 1.165) is 57.8 Å². The molecule has 512 valence electrons. The molecular formula is C72H141O13P. The van der Waals surface area contributed by atoms with Crippen LogP contribution in [0.1, 0.15) is 388 Å². The summed E-state index contributed by atoms with van der Waals surface area (Å²) < 4.78 is 64.6. The van der Waals surface area contributed by atoms with Gasteiger partial charge in [-0.25, -0.2) is 4.57 Å². The molecule has 0 aliphatic carbocycles. The summed E-state index contributed by atoms with van der Waals surface area (Å²) in [4.78, 5) is 37.4. The van der Waals surface area contributed by atoms with Crippen molar-refractivity contribution in [1.82, 2.24) is 0 Å². The van der Waals surface area contributed by atoms with Crippen LogP contribution in [0.2, 0.25) is 0 Å². The third-order valence-electron chi connectivity index (χ3n) is 16.4. The minimum Gasteiger partial charge on any atom is -0.463 e. The molecule has 3 atom stereocenters. The summed E-state index contributed by atoms with van der Waals surface area (Å²) in [6.07, 6.45) is 63.2. The Bertz CT molecular complexity index is 1300. The number of esters is 3. The van der Waals surface area contributed by atoms with Gasteiger partial charge in [0, 0.05) is 19.3 Å². The third-order valence-corrected chi connectivity index (χ3v) is 18.0. The van der Waals surface area contributed by atoms with Crippen LogP contribution in [0.15, 0.2) is 0 Å². The van der Waals surface area contributed by atoms with E-state index in [1.165, 1.54) is 290 Å². The molecule has 14 heteroatoms. The lowest BCUT2D eigenvalue weighted by molar-refractivity contribution is -0.165. The minimum atomic E-state index is -4.42. The first-order valence-corrected chi connectivity index (χ1v) is 38.5. The van der Waals surface area contributed by atoms with Gasteiger partial charge in [-0.2, -0.15) is 0 Å². The molecule has 86 heavy (non-hydrogen) atoms. The van der Waals surface area contributed by atoms with E-state index < -0.39 is 26.7 Å². The Kier molecular flexibility index (Phi) is 66.5. The number of unbranched alkanes of at least 4 members (excludes halogenated alkanes) is 48. The molecule has 0 aliphatic rings. The fourth-order valence-electron chi connectivity index (χ4n) is 11.0. The van der Waals surface area contributed by atoms with Crippen molar-refractivity contribution in [3.05, 3.63) is 0 Å². The highest BCUT2D eigenvalue weighted by Crippen LogP contribution is 2.53. The van der Waals surface area contributed by atoms with Gasteiger partial charge < -0.3 is 28.4 Å². The molecule has 0 saturated carbocycles. The zero-order valence-electron chi connectivity index (χ0n) is 57.4. The van der Waals surface area contributed by atoms with Gasteiger partial charge in [0.1, 0.15) is 19.8 Å². The van der Waals surface area contributed by atoms with Gasteiger partial charge in [0.2, 0.25) is 0 Å². The van der Waals surface area contributed by atoms with E-state index in [-0.39, 0.29) is 57.5 Å². The van der Waals surface area contributed by atoms with E-state index in [1.807, 2.05) is 0 Å². The van der Waals surface area contributed by atoms with Gasteiger partial charge in [0.25, 0.3) is 0 Å². The molecule has 0 N–H and O–H groups in total. The van der Waals surface area contributed by atoms with Gasteiger partial charge in [-0.3, -0.25) is 28.0 Å². The van der Waals surface area contributed by atoms with Gasteiger partial charge >= 0.3 is 25.7 Å².